The summed E-state index contributed by atoms with van der Waals surface area (Å²) in [5.41, 5.74) is 7.38. The van der Waals surface area contributed by atoms with Crippen molar-refractivity contribution in [3.05, 3.63) is 24.3 Å². The Balaban J connectivity index is 1.93. The fourth-order valence-corrected chi connectivity index (χ4v) is 2.47. The van der Waals surface area contributed by atoms with E-state index in [2.05, 4.69) is 10.6 Å². The Morgan fingerprint density at radius 1 is 1.10 bits per heavy atom. The number of hydrogen-bond donors (Lipinski definition) is 3. The smallest absolute Gasteiger partial charge is 0.229 e. The van der Waals surface area contributed by atoms with Crippen LogP contribution in [0.2, 0.25) is 0 Å². The Morgan fingerprint density at radius 2 is 1.67 bits per heavy atom. The Kier molecular flexibility index (Phi) is 4.96. The number of nitrogens with two attached hydrogens (primary N) is 1. The summed E-state index contributed by atoms with van der Waals surface area (Å²) in [5, 5.41) is 5.70. The third-order valence-corrected chi connectivity index (χ3v) is 3.85. The maximum absolute atomic E-state index is 12.1. The molecule has 2 rings (SSSR count). The van der Waals surface area contributed by atoms with E-state index in [-0.39, 0.29) is 29.7 Å². The molecule has 5 nitrogen and oxygen atoms in total. The molecular formula is C16H23N3O2. The van der Waals surface area contributed by atoms with Gasteiger partial charge >= 0.3 is 0 Å². The molecule has 1 aromatic rings. The number of amides is 2. The van der Waals surface area contributed by atoms with Gasteiger partial charge < -0.3 is 16.4 Å². The van der Waals surface area contributed by atoms with Gasteiger partial charge in [0.25, 0.3) is 0 Å². The molecule has 0 aliphatic heterocycles. The van der Waals surface area contributed by atoms with Gasteiger partial charge in [-0.05, 0) is 37.1 Å². The number of hydrogen-bond acceptors (Lipinski definition) is 3. The van der Waals surface area contributed by atoms with E-state index in [0.717, 1.165) is 30.6 Å². The summed E-state index contributed by atoms with van der Waals surface area (Å²) in [5.74, 6) is -0.193. The predicted octanol–water partition coefficient (Wildman–Crippen LogP) is 2.35. The molecule has 5 heteroatoms. The summed E-state index contributed by atoms with van der Waals surface area (Å²) in [6.45, 7) is 3.68. The fraction of sp³-hybridized carbons (Fsp3) is 0.500. The van der Waals surface area contributed by atoms with E-state index in [4.69, 9.17) is 5.73 Å². The first-order valence-electron chi connectivity index (χ1n) is 7.44. The number of carbonyl (C=O) groups is 2. The minimum Gasteiger partial charge on any atom is -0.327 e. The van der Waals surface area contributed by atoms with Crippen molar-refractivity contribution in [2.24, 2.45) is 17.6 Å². The van der Waals surface area contributed by atoms with Gasteiger partial charge in [0.15, 0.2) is 0 Å². The molecule has 0 saturated heterocycles. The van der Waals surface area contributed by atoms with Crippen LogP contribution < -0.4 is 16.4 Å². The molecule has 0 aromatic heterocycles. The molecule has 21 heavy (non-hydrogen) atoms. The Bertz CT molecular complexity index is 511. The van der Waals surface area contributed by atoms with Gasteiger partial charge in [0.2, 0.25) is 11.8 Å². The topological polar surface area (TPSA) is 84.2 Å². The Labute approximate surface area is 125 Å². The average Bonchev–Trinajstić information content (AvgIpc) is 2.87. The quantitative estimate of drug-likeness (QED) is 0.795. The average molecular weight is 289 g/mol. The van der Waals surface area contributed by atoms with Crippen LogP contribution in [-0.2, 0) is 9.59 Å². The second kappa shape index (κ2) is 6.72. The van der Waals surface area contributed by atoms with Gasteiger partial charge in [-0.15, -0.1) is 0 Å². The maximum atomic E-state index is 12.1. The van der Waals surface area contributed by atoms with Crippen LogP contribution in [0, 0.1) is 11.8 Å². The normalized spacial score (nSPS) is 21.3. The van der Waals surface area contributed by atoms with Gasteiger partial charge in [0.05, 0.1) is 5.92 Å². The number of benzene rings is 1. The lowest BCUT2D eigenvalue weighted by atomic mass is 10.0. The third kappa shape index (κ3) is 4.04. The zero-order valence-electron chi connectivity index (χ0n) is 12.6. The van der Waals surface area contributed by atoms with Crippen molar-refractivity contribution in [1.82, 2.24) is 0 Å². The molecule has 1 aliphatic rings. The molecule has 0 spiro atoms. The first-order valence-corrected chi connectivity index (χ1v) is 7.44. The molecule has 0 bridgehead atoms. The molecule has 2 atom stereocenters. The van der Waals surface area contributed by atoms with Crippen molar-refractivity contribution in [2.45, 2.75) is 39.2 Å². The number of anilines is 2. The molecule has 1 fully saturated rings. The molecule has 0 radical (unpaired) electrons. The van der Waals surface area contributed by atoms with E-state index in [1.54, 1.807) is 24.3 Å². The predicted molar refractivity (Wildman–Crippen MR) is 83.9 cm³/mol. The van der Waals surface area contributed by atoms with Crippen LogP contribution in [0.3, 0.4) is 0 Å². The van der Waals surface area contributed by atoms with Crippen molar-refractivity contribution in [3.8, 4) is 0 Å². The van der Waals surface area contributed by atoms with E-state index in [0.29, 0.717) is 0 Å². The van der Waals surface area contributed by atoms with Crippen LogP contribution in [-0.4, -0.2) is 17.9 Å². The van der Waals surface area contributed by atoms with Crippen LogP contribution in [0.1, 0.15) is 33.1 Å². The van der Waals surface area contributed by atoms with Gasteiger partial charge in [0, 0.05) is 23.3 Å². The molecule has 0 heterocycles. The molecule has 1 saturated carbocycles. The largest absolute Gasteiger partial charge is 0.327 e. The molecule has 2 amide bonds. The lowest BCUT2D eigenvalue weighted by molar-refractivity contribution is -0.120. The SMILES string of the molecule is CC(C)C(=O)Nc1ccc(NC(=O)C2CCCC2N)cc1. The van der Waals surface area contributed by atoms with Crippen LogP contribution in [0.15, 0.2) is 24.3 Å². The van der Waals surface area contributed by atoms with Gasteiger partial charge in [-0.1, -0.05) is 20.3 Å². The van der Waals surface area contributed by atoms with Crippen molar-refractivity contribution >= 4 is 23.2 Å². The number of rotatable bonds is 4. The Morgan fingerprint density at radius 3 is 2.14 bits per heavy atom. The third-order valence-electron chi connectivity index (χ3n) is 3.85. The van der Waals surface area contributed by atoms with E-state index in [9.17, 15) is 9.59 Å². The minimum atomic E-state index is -0.0923. The Hall–Kier alpha value is -1.88. The number of carbonyl (C=O) groups excluding carboxylic acids is 2. The highest BCUT2D eigenvalue weighted by atomic mass is 16.2. The first kappa shape index (κ1) is 15.5. The molecule has 2 unspecified atom stereocenters. The lowest BCUT2D eigenvalue weighted by Gasteiger charge is -2.15. The van der Waals surface area contributed by atoms with Crippen molar-refractivity contribution in [3.63, 3.8) is 0 Å². The monoisotopic (exact) mass is 289 g/mol. The summed E-state index contributed by atoms with van der Waals surface area (Å²) in [7, 11) is 0. The summed E-state index contributed by atoms with van der Waals surface area (Å²) >= 11 is 0. The molecular weight excluding hydrogens is 266 g/mol. The zero-order chi connectivity index (χ0) is 15.4. The highest BCUT2D eigenvalue weighted by molar-refractivity contribution is 5.94. The van der Waals surface area contributed by atoms with Gasteiger partial charge in [-0.25, -0.2) is 0 Å². The van der Waals surface area contributed by atoms with Crippen LogP contribution >= 0.6 is 0 Å². The minimum absolute atomic E-state index is 0.0148. The van der Waals surface area contributed by atoms with Crippen molar-refractivity contribution in [2.75, 3.05) is 10.6 Å². The summed E-state index contributed by atoms with van der Waals surface area (Å²) in [4.78, 5) is 23.7. The van der Waals surface area contributed by atoms with Gasteiger partial charge in [0.1, 0.15) is 0 Å². The molecule has 114 valence electrons. The van der Waals surface area contributed by atoms with Crippen molar-refractivity contribution in [1.29, 1.82) is 0 Å². The summed E-state index contributed by atoms with van der Waals surface area (Å²) < 4.78 is 0. The van der Waals surface area contributed by atoms with E-state index < -0.39 is 0 Å². The molecule has 1 aromatic carbocycles. The standard InChI is InChI=1S/C16H23N3O2/c1-10(2)15(20)18-11-6-8-12(9-7-11)19-16(21)13-4-3-5-14(13)17/h6-10,13-14H,3-5,17H2,1-2H3,(H,18,20)(H,19,21). The van der Waals surface area contributed by atoms with E-state index >= 15 is 0 Å². The van der Waals surface area contributed by atoms with Crippen LogP contribution in [0.4, 0.5) is 11.4 Å². The fourth-order valence-electron chi connectivity index (χ4n) is 2.47. The van der Waals surface area contributed by atoms with Crippen LogP contribution in [0.25, 0.3) is 0 Å². The maximum Gasteiger partial charge on any atom is 0.229 e. The summed E-state index contributed by atoms with van der Waals surface area (Å²) in [6.07, 6.45) is 2.78. The van der Waals surface area contributed by atoms with E-state index in [1.807, 2.05) is 13.8 Å². The first-order chi connectivity index (χ1) is 9.97. The molecule has 4 N–H and O–H groups in total. The van der Waals surface area contributed by atoms with Gasteiger partial charge in [-0.3, -0.25) is 9.59 Å². The van der Waals surface area contributed by atoms with E-state index in [1.165, 1.54) is 0 Å². The zero-order valence-corrected chi connectivity index (χ0v) is 12.6. The highest BCUT2D eigenvalue weighted by Gasteiger charge is 2.30. The number of nitrogens with one attached hydrogen (secondary N) is 2. The second-order valence-corrected chi connectivity index (χ2v) is 5.91. The second-order valence-electron chi connectivity index (χ2n) is 5.91. The van der Waals surface area contributed by atoms with Crippen molar-refractivity contribution < 1.29 is 9.59 Å². The van der Waals surface area contributed by atoms with Gasteiger partial charge in [-0.2, -0.15) is 0 Å². The van der Waals surface area contributed by atoms with Crippen LogP contribution in [0.5, 0.6) is 0 Å². The summed E-state index contributed by atoms with van der Waals surface area (Å²) in [6, 6.07) is 7.10. The highest BCUT2D eigenvalue weighted by Crippen LogP contribution is 2.25. The lowest BCUT2D eigenvalue weighted by Crippen LogP contribution is -2.34. The molecule has 1 aliphatic carbocycles.